The number of anilines is 1. The molecule has 1 saturated carbocycles. The molecule has 7 nitrogen and oxygen atoms in total. The van der Waals surface area contributed by atoms with Gasteiger partial charge in [0, 0.05) is 32.7 Å². The fraction of sp³-hybridized carbons (Fsp3) is 0.636. The Kier molecular flexibility index (Phi) is 6.06. The Labute approximate surface area is 172 Å². The van der Waals surface area contributed by atoms with Crippen molar-refractivity contribution in [2.75, 3.05) is 51.3 Å². The van der Waals surface area contributed by atoms with Crippen LogP contribution in [0.25, 0.3) is 0 Å². The van der Waals surface area contributed by atoms with Crippen LogP contribution in [0.1, 0.15) is 25.7 Å². The number of hydrogen-bond donors (Lipinski definition) is 1. The third kappa shape index (κ3) is 4.12. The molecule has 2 heterocycles. The summed E-state index contributed by atoms with van der Waals surface area (Å²) >= 11 is 0. The van der Waals surface area contributed by atoms with Crippen molar-refractivity contribution in [2.45, 2.75) is 31.8 Å². The first-order valence-electron chi connectivity index (χ1n) is 10.7. The second-order valence-electron chi connectivity index (χ2n) is 8.36. The highest BCUT2D eigenvalue weighted by atomic mass is 16.5. The molecular weight excluding hydrogens is 370 g/mol. The molecule has 1 aromatic rings. The van der Waals surface area contributed by atoms with Crippen LogP contribution in [-0.2, 0) is 9.59 Å². The van der Waals surface area contributed by atoms with Gasteiger partial charge in [-0.15, -0.1) is 0 Å². The molecule has 2 saturated heterocycles. The maximum absolute atomic E-state index is 12.6. The van der Waals surface area contributed by atoms with Crippen molar-refractivity contribution in [1.82, 2.24) is 9.80 Å². The quantitative estimate of drug-likeness (QED) is 0.726. The molecule has 2 amide bonds. The smallest absolute Gasteiger partial charge is 0.233 e. The number of ether oxygens (including phenoxy) is 1. The number of para-hydroxylation sites is 2. The molecule has 158 valence electrons. The predicted molar refractivity (Wildman–Crippen MR) is 110 cm³/mol. The Morgan fingerprint density at radius 3 is 2.48 bits per heavy atom. The summed E-state index contributed by atoms with van der Waals surface area (Å²) in [6.45, 7) is 5.16. The summed E-state index contributed by atoms with van der Waals surface area (Å²) in [6.07, 6.45) is 2.07. The summed E-state index contributed by atoms with van der Waals surface area (Å²) in [5.74, 6) is 0.317. The molecule has 0 radical (unpaired) electrons. The first-order chi connectivity index (χ1) is 14.1. The van der Waals surface area contributed by atoms with Gasteiger partial charge >= 0.3 is 0 Å². The number of benzene rings is 1. The minimum Gasteiger partial charge on any atom is -0.495 e. The van der Waals surface area contributed by atoms with Crippen molar-refractivity contribution in [3.05, 3.63) is 24.3 Å². The number of rotatable bonds is 6. The van der Waals surface area contributed by atoms with E-state index < -0.39 is 6.10 Å². The highest BCUT2D eigenvalue weighted by molar-refractivity contribution is 6.05. The van der Waals surface area contributed by atoms with E-state index in [9.17, 15) is 14.7 Å². The van der Waals surface area contributed by atoms with Crippen molar-refractivity contribution >= 4 is 17.5 Å². The number of carbonyl (C=O) groups is 2. The number of aliphatic hydroxyl groups excluding tert-OH is 1. The Balaban J connectivity index is 1.24. The molecule has 3 fully saturated rings. The Morgan fingerprint density at radius 2 is 1.72 bits per heavy atom. The SMILES string of the molecule is COc1ccccc1N1CCN(CCCN2C(=O)C3CCC(O)CC3C2=O)CC1. The Hall–Kier alpha value is -2.12. The zero-order valence-corrected chi connectivity index (χ0v) is 17.1. The highest BCUT2D eigenvalue weighted by Gasteiger charge is 2.49. The Bertz CT molecular complexity index is 747. The molecule has 0 spiro atoms. The normalized spacial score (nSPS) is 28.0. The third-order valence-electron chi connectivity index (χ3n) is 6.64. The van der Waals surface area contributed by atoms with E-state index in [4.69, 9.17) is 4.74 Å². The summed E-state index contributed by atoms with van der Waals surface area (Å²) in [5.41, 5.74) is 1.13. The molecule has 2 aliphatic heterocycles. The maximum atomic E-state index is 12.6. The number of nitrogens with zero attached hydrogens (tertiary/aromatic N) is 3. The third-order valence-corrected chi connectivity index (χ3v) is 6.64. The lowest BCUT2D eigenvalue weighted by molar-refractivity contribution is -0.140. The van der Waals surface area contributed by atoms with Gasteiger partial charge in [-0.25, -0.2) is 0 Å². The van der Waals surface area contributed by atoms with Crippen LogP contribution < -0.4 is 9.64 Å². The second kappa shape index (κ2) is 8.71. The van der Waals surface area contributed by atoms with Crippen LogP contribution in [0, 0.1) is 11.8 Å². The van der Waals surface area contributed by atoms with Crippen LogP contribution in [-0.4, -0.2) is 79.2 Å². The zero-order chi connectivity index (χ0) is 20.4. The number of likely N-dealkylation sites (tertiary alicyclic amines) is 1. The van der Waals surface area contributed by atoms with E-state index in [0.717, 1.165) is 50.6 Å². The van der Waals surface area contributed by atoms with Crippen molar-refractivity contribution in [2.24, 2.45) is 11.8 Å². The summed E-state index contributed by atoms with van der Waals surface area (Å²) < 4.78 is 5.47. The van der Waals surface area contributed by atoms with Crippen molar-refractivity contribution in [1.29, 1.82) is 0 Å². The van der Waals surface area contributed by atoms with Crippen LogP contribution in [0.3, 0.4) is 0 Å². The topological polar surface area (TPSA) is 73.3 Å². The lowest BCUT2D eigenvalue weighted by Gasteiger charge is -2.36. The molecule has 0 bridgehead atoms. The predicted octanol–water partition coefficient (Wildman–Crippen LogP) is 1.35. The van der Waals surface area contributed by atoms with Gasteiger partial charge in [-0.2, -0.15) is 0 Å². The zero-order valence-electron chi connectivity index (χ0n) is 17.1. The number of piperazine rings is 1. The number of aliphatic hydroxyl groups is 1. The van der Waals surface area contributed by atoms with Crippen molar-refractivity contribution in [3.63, 3.8) is 0 Å². The molecule has 29 heavy (non-hydrogen) atoms. The van der Waals surface area contributed by atoms with Gasteiger partial charge in [0.1, 0.15) is 5.75 Å². The van der Waals surface area contributed by atoms with Gasteiger partial charge in [0.15, 0.2) is 0 Å². The molecule has 1 aromatic carbocycles. The monoisotopic (exact) mass is 401 g/mol. The van der Waals surface area contributed by atoms with Gasteiger partial charge < -0.3 is 14.7 Å². The summed E-state index contributed by atoms with van der Waals surface area (Å²) in [7, 11) is 1.70. The van der Waals surface area contributed by atoms with E-state index >= 15 is 0 Å². The molecule has 3 unspecified atom stereocenters. The van der Waals surface area contributed by atoms with Gasteiger partial charge in [-0.1, -0.05) is 12.1 Å². The van der Waals surface area contributed by atoms with Gasteiger partial charge in [-0.3, -0.25) is 19.4 Å². The standard InChI is InChI=1S/C22H31N3O4/c1-29-20-6-3-2-5-19(20)24-13-11-23(12-14-24)9-4-10-25-21(27)17-8-7-16(26)15-18(17)22(25)28/h2-3,5-6,16-18,26H,4,7-15H2,1H3. The number of fused-ring (bicyclic) bond motifs is 1. The molecule has 0 aromatic heterocycles. The summed E-state index contributed by atoms with van der Waals surface area (Å²) in [6, 6.07) is 8.10. The minimum absolute atomic E-state index is 0.0205. The first kappa shape index (κ1) is 20.2. The molecule has 1 N–H and O–H groups in total. The maximum Gasteiger partial charge on any atom is 0.233 e. The highest BCUT2D eigenvalue weighted by Crippen LogP contribution is 2.38. The fourth-order valence-corrected chi connectivity index (χ4v) is 5.00. The van der Waals surface area contributed by atoms with Crippen LogP contribution in [0.4, 0.5) is 5.69 Å². The number of hydrogen-bond acceptors (Lipinski definition) is 6. The average molecular weight is 402 g/mol. The van der Waals surface area contributed by atoms with Crippen LogP contribution >= 0.6 is 0 Å². The second-order valence-corrected chi connectivity index (χ2v) is 8.36. The minimum atomic E-state index is -0.438. The summed E-state index contributed by atoms with van der Waals surface area (Å²) in [4.78, 5) is 31.4. The molecule has 3 aliphatic rings. The van der Waals surface area contributed by atoms with E-state index in [-0.39, 0.29) is 23.7 Å². The van der Waals surface area contributed by atoms with Crippen molar-refractivity contribution < 1.29 is 19.4 Å². The molecule has 3 atom stereocenters. The van der Waals surface area contributed by atoms with Crippen LogP contribution in [0.2, 0.25) is 0 Å². The average Bonchev–Trinajstić information content (AvgIpc) is 2.98. The van der Waals surface area contributed by atoms with Crippen LogP contribution in [0.5, 0.6) is 5.75 Å². The van der Waals surface area contributed by atoms with Crippen LogP contribution in [0.15, 0.2) is 24.3 Å². The molecular formula is C22H31N3O4. The van der Waals surface area contributed by atoms with E-state index in [2.05, 4.69) is 15.9 Å². The number of imide groups is 1. The van der Waals surface area contributed by atoms with Gasteiger partial charge in [0.05, 0.1) is 30.7 Å². The van der Waals surface area contributed by atoms with Gasteiger partial charge in [-0.05, 0) is 44.4 Å². The van der Waals surface area contributed by atoms with E-state index in [0.29, 0.717) is 25.8 Å². The van der Waals surface area contributed by atoms with Crippen molar-refractivity contribution in [3.8, 4) is 5.75 Å². The Morgan fingerprint density at radius 1 is 1.00 bits per heavy atom. The molecule has 4 rings (SSSR count). The van der Waals surface area contributed by atoms with E-state index in [1.165, 1.54) is 4.90 Å². The molecule has 7 heteroatoms. The van der Waals surface area contributed by atoms with Gasteiger partial charge in [0.2, 0.25) is 11.8 Å². The fourth-order valence-electron chi connectivity index (χ4n) is 5.00. The van der Waals surface area contributed by atoms with Gasteiger partial charge in [0.25, 0.3) is 0 Å². The van der Waals surface area contributed by atoms with E-state index in [1.54, 1.807) is 7.11 Å². The first-order valence-corrected chi connectivity index (χ1v) is 10.7. The number of methoxy groups -OCH3 is 1. The lowest BCUT2D eigenvalue weighted by Crippen LogP contribution is -2.47. The largest absolute Gasteiger partial charge is 0.495 e. The van der Waals surface area contributed by atoms with E-state index in [1.807, 2.05) is 18.2 Å². The molecule has 1 aliphatic carbocycles. The number of amides is 2. The summed E-state index contributed by atoms with van der Waals surface area (Å²) in [5, 5.41) is 9.83. The number of carbonyl (C=O) groups excluding carboxylic acids is 2. The lowest BCUT2D eigenvalue weighted by atomic mass is 9.80.